The molecule has 0 heterocycles. The summed E-state index contributed by atoms with van der Waals surface area (Å²) in [6.07, 6.45) is 0.607. The van der Waals surface area contributed by atoms with Crippen molar-refractivity contribution >= 4 is 23.7 Å². The minimum Gasteiger partial charge on any atom is -0.508 e. The zero-order valence-corrected chi connectivity index (χ0v) is 19.6. The van der Waals surface area contributed by atoms with Gasteiger partial charge in [-0.1, -0.05) is 24.3 Å². The lowest BCUT2D eigenvalue weighted by atomic mass is 10.0. The minimum atomic E-state index is -1.28. The summed E-state index contributed by atoms with van der Waals surface area (Å²) in [4.78, 5) is 37.5. The van der Waals surface area contributed by atoms with E-state index in [1.807, 2.05) is 0 Å². The van der Waals surface area contributed by atoms with E-state index in [0.717, 1.165) is 0 Å². The molecule has 0 aliphatic heterocycles. The maximum atomic E-state index is 13.0. The molecule has 0 fully saturated rings. The third-order valence-electron chi connectivity index (χ3n) is 5.34. The summed E-state index contributed by atoms with van der Waals surface area (Å²) >= 11 is 0. The number of guanidine groups is 1. The molecule has 0 aliphatic rings. The monoisotopic (exact) mass is 500 g/mol. The molecule has 36 heavy (non-hydrogen) atoms. The number of nitrogens with two attached hydrogens (primary N) is 2. The smallest absolute Gasteiger partial charge is 0.326 e. The molecule has 2 aromatic rings. The maximum Gasteiger partial charge on any atom is 0.326 e. The summed E-state index contributed by atoms with van der Waals surface area (Å²) in [5.41, 5.74) is 12.6. The first-order valence-electron chi connectivity index (χ1n) is 11.3. The Morgan fingerprint density at radius 2 is 1.33 bits per heavy atom. The second-order valence-corrected chi connectivity index (χ2v) is 8.29. The molecule has 11 N–H and O–H groups in total. The van der Waals surface area contributed by atoms with Crippen LogP contribution in [-0.4, -0.2) is 63.7 Å². The number of hydrogen-bond donors (Lipinski definition) is 9. The van der Waals surface area contributed by atoms with Gasteiger partial charge in [0.05, 0.1) is 6.04 Å². The van der Waals surface area contributed by atoms with Gasteiger partial charge in [-0.2, -0.15) is 0 Å². The highest BCUT2D eigenvalue weighted by Crippen LogP contribution is 2.13. The second kappa shape index (κ2) is 13.5. The highest BCUT2D eigenvalue weighted by Gasteiger charge is 2.28. The van der Waals surface area contributed by atoms with E-state index in [9.17, 15) is 29.7 Å². The Morgan fingerprint density at radius 1 is 0.833 bits per heavy atom. The number of carbonyl (C=O) groups is 3. The van der Waals surface area contributed by atoms with E-state index in [-0.39, 0.29) is 43.3 Å². The van der Waals surface area contributed by atoms with Crippen LogP contribution in [0.5, 0.6) is 11.5 Å². The molecule has 2 aromatic carbocycles. The van der Waals surface area contributed by atoms with Crippen LogP contribution in [0.25, 0.3) is 0 Å². The number of hydrogen-bond acceptors (Lipinski definition) is 7. The normalized spacial score (nSPS) is 13.1. The number of carboxylic acid groups (broad SMARTS) is 1. The van der Waals surface area contributed by atoms with Gasteiger partial charge in [0, 0.05) is 13.0 Å². The number of nitrogens with one attached hydrogen (secondary N) is 4. The molecule has 12 heteroatoms. The van der Waals surface area contributed by atoms with Crippen LogP contribution in [0.1, 0.15) is 24.0 Å². The molecule has 3 atom stereocenters. The molecule has 0 bridgehead atoms. The quantitative estimate of drug-likeness (QED) is 0.0982. The van der Waals surface area contributed by atoms with Crippen LogP contribution in [0.3, 0.4) is 0 Å². The van der Waals surface area contributed by atoms with Crippen LogP contribution in [-0.2, 0) is 27.2 Å². The number of aromatic hydroxyl groups is 2. The summed E-state index contributed by atoms with van der Waals surface area (Å²) in [5, 5.41) is 43.3. The lowest BCUT2D eigenvalue weighted by Gasteiger charge is -2.23. The number of phenols is 2. The summed E-state index contributed by atoms with van der Waals surface area (Å²) < 4.78 is 0. The van der Waals surface area contributed by atoms with Crippen molar-refractivity contribution in [3.63, 3.8) is 0 Å². The van der Waals surface area contributed by atoms with Crippen molar-refractivity contribution in [3.05, 3.63) is 59.7 Å². The van der Waals surface area contributed by atoms with Crippen LogP contribution in [0.4, 0.5) is 0 Å². The molecule has 0 radical (unpaired) electrons. The number of carboxylic acids is 1. The van der Waals surface area contributed by atoms with E-state index >= 15 is 0 Å². The molecular formula is C24H32N6O6. The Morgan fingerprint density at radius 3 is 1.83 bits per heavy atom. The molecule has 0 aromatic heterocycles. The maximum absolute atomic E-state index is 13.0. The molecule has 2 amide bonds. The predicted octanol–water partition coefficient (Wildman–Crippen LogP) is -0.472. The zero-order valence-electron chi connectivity index (χ0n) is 19.6. The lowest BCUT2D eigenvalue weighted by molar-refractivity contribution is -0.142. The molecule has 0 aliphatic carbocycles. The number of rotatable bonds is 13. The van der Waals surface area contributed by atoms with Crippen molar-refractivity contribution in [1.29, 1.82) is 5.41 Å². The van der Waals surface area contributed by atoms with Gasteiger partial charge in [0.1, 0.15) is 23.6 Å². The van der Waals surface area contributed by atoms with Crippen molar-refractivity contribution in [2.24, 2.45) is 11.5 Å². The molecule has 0 spiro atoms. The minimum absolute atomic E-state index is 0.0280. The van der Waals surface area contributed by atoms with Crippen molar-refractivity contribution in [2.75, 3.05) is 6.54 Å². The lowest BCUT2D eigenvalue weighted by Crippen LogP contribution is -2.55. The molecule has 0 saturated heterocycles. The predicted molar refractivity (Wildman–Crippen MR) is 132 cm³/mol. The summed E-state index contributed by atoms with van der Waals surface area (Å²) in [7, 11) is 0. The molecule has 2 rings (SSSR count). The van der Waals surface area contributed by atoms with Crippen molar-refractivity contribution in [1.82, 2.24) is 16.0 Å². The third kappa shape index (κ3) is 9.50. The largest absolute Gasteiger partial charge is 0.508 e. The van der Waals surface area contributed by atoms with Gasteiger partial charge in [-0.25, -0.2) is 4.79 Å². The Labute approximate surface area is 208 Å². The zero-order chi connectivity index (χ0) is 26.7. The highest BCUT2D eigenvalue weighted by atomic mass is 16.4. The number of carbonyl (C=O) groups excluding carboxylic acids is 2. The highest BCUT2D eigenvalue weighted by molar-refractivity contribution is 5.92. The first kappa shape index (κ1) is 27.9. The van der Waals surface area contributed by atoms with Gasteiger partial charge in [0.15, 0.2) is 5.96 Å². The van der Waals surface area contributed by atoms with E-state index in [4.69, 9.17) is 16.9 Å². The van der Waals surface area contributed by atoms with Crippen LogP contribution in [0.2, 0.25) is 0 Å². The Kier molecular flexibility index (Phi) is 10.5. The van der Waals surface area contributed by atoms with E-state index < -0.39 is 35.9 Å². The third-order valence-corrected chi connectivity index (χ3v) is 5.34. The molecule has 2 unspecified atom stereocenters. The van der Waals surface area contributed by atoms with E-state index in [2.05, 4.69) is 16.0 Å². The Hall–Kier alpha value is -4.32. The molecule has 194 valence electrons. The van der Waals surface area contributed by atoms with Gasteiger partial charge in [-0.05, 0) is 54.7 Å². The number of phenolic OH excluding ortho intramolecular Hbond substituents is 2. The Bertz CT molecular complexity index is 1040. The standard InChI is InChI=1S/C24H32N6O6/c25-18(12-14-3-7-16(31)8-4-14)21(33)29-19(2-1-11-28-24(26)27)22(34)30-20(23(35)36)13-15-5-9-17(32)10-6-15/h3-10,18-20,31-32H,1-2,11-13,25H2,(H,29,33)(H,30,34)(H,35,36)(H4,26,27,28)/t18?,19-,20?/m0/s1. The average Bonchev–Trinajstić information content (AvgIpc) is 2.82. The van der Waals surface area contributed by atoms with Crippen molar-refractivity contribution < 1.29 is 29.7 Å². The van der Waals surface area contributed by atoms with Crippen LogP contribution < -0.4 is 27.4 Å². The molecular weight excluding hydrogens is 468 g/mol. The number of aliphatic carboxylic acids is 1. The topological polar surface area (TPSA) is 224 Å². The van der Waals surface area contributed by atoms with Gasteiger partial charge < -0.3 is 42.7 Å². The van der Waals surface area contributed by atoms with Crippen molar-refractivity contribution in [3.8, 4) is 11.5 Å². The van der Waals surface area contributed by atoms with Gasteiger partial charge in [0.25, 0.3) is 0 Å². The summed E-state index contributed by atoms with van der Waals surface area (Å²) in [6.45, 7) is 0.268. The van der Waals surface area contributed by atoms with E-state index in [1.165, 1.54) is 24.3 Å². The fourth-order valence-corrected chi connectivity index (χ4v) is 3.40. The molecule has 12 nitrogen and oxygen atoms in total. The fraction of sp³-hybridized carbons (Fsp3) is 0.333. The summed E-state index contributed by atoms with van der Waals surface area (Å²) in [5.74, 6) is -2.70. The summed E-state index contributed by atoms with van der Waals surface area (Å²) in [6, 6.07) is 8.76. The van der Waals surface area contributed by atoms with Gasteiger partial charge in [-0.15, -0.1) is 0 Å². The average molecular weight is 501 g/mol. The number of amides is 2. The van der Waals surface area contributed by atoms with Crippen LogP contribution >= 0.6 is 0 Å². The van der Waals surface area contributed by atoms with Crippen LogP contribution in [0, 0.1) is 5.41 Å². The van der Waals surface area contributed by atoms with Gasteiger partial charge in [-0.3, -0.25) is 15.0 Å². The fourth-order valence-electron chi connectivity index (χ4n) is 3.40. The van der Waals surface area contributed by atoms with E-state index in [0.29, 0.717) is 17.5 Å². The Balaban J connectivity index is 2.07. The van der Waals surface area contributed by atoms with Gasteiger partial charge >= 0.3 is 5.97 Å². The first-order valence-corrected chi connectivity index (χ1v) is 11.3. The number of benzene rings is 2. The first-order chi connectivity index (χ1) is 17.0. The SMILES string of the molecule is N=C(N)NCCC[C@H](NC(=O)C(N)Cc1ccc(O)cc1)C(=O)NC(Cc1ccc(O)cc1)C(=O)O. The second-order valence-electron chi connectivity index (χ2n) is 8.29. The van der Waals surface area contributed by atoms with Crippen molar-refractivity contribution in [2.45, 2.75) is 43.8 Å². The molecule has 0 saturated carbocycles. The van der Waals surface area contributed by atoms with Gasteiger partial charge in [0.2, 0.25) is 11.8 Å². The van der Waals surface area contributed by atoms with Crippen LogP contribution in [0.15, 0.2) is 48.5 Å². The van der Waals surface area contributed by atoms with E-state index in [1.54, 1.807) is 24.3 Å².